The zero-order valence-electron chi connectivity index (χ0n) is 11.0. The van der Waals surface area contributed by atoms with Gasteiger partial charge in [-0.15, -0.1) is 5.56 Å². The number of aromatic nitrogens is 1. The van der Waals surface area contributed by atoms with Gasteiger partial charge in [0.1, 0.15) is 0 Å². The maximum Gasteiger partial charge on any atom is 0.230 e. The van der Waals surface area contributed by atoms with Crippen LogP contribution in [0.1, 0.15) is 5.56 Å². The minimum Gasteiger partial charge on any atom is -0.503 e. The summed E-state index contributed by atoms with van der Waals surface area (Å²) >= 11 is 0. The molecule has 0 saturated carbocycles. The van der Waals surface area contributed by atoms with E-state index in [1.54, 1.807) is 18.2 Å². The molecule has 0 fully saturated rings. The summed E-state index contributed by atoms with van der Waals surface area (Å²) in [5, 5.41) is 10.5. The van der Waals surface area contributed by atoms with Crippen LogP contribution in [0, 0.1) is 13.0 Å². The number of rotatable bonds is 1. The molecule has 97 valence electrons. The van der Waals surface area contributed by atoms with Crippen LogP contribution in [0.4, 0.5) is 0 Å². The van der Waals surface area contributed by atoms with Crippen molar-refractivity contribution in [2.75, 3.05) is 0 Å². The SMILES string of the molecule is Cc1[c-]cc(-c2[nH]c3ccccc3c(=O)c2O)cc1.[Y]. The van der Waals surface area contributed by atoms with Gasteiger partial charge in [-0.3, -0.25) is 4.79 Å². The number of benzene rings is 2. The van der Waals surface area contributed by atoms with Crippen LogP contribution in [0.5, 0.6) is 5.75 Å². The van der Waals surface area contributed by atoms with Gasteiger partial charge in [0.25, 0.3) is 0 Å². The van der Waals surface area contributed by atoms with Gasteiger partial charge in [-0.05, 0) is 12.1 Å². The number of aryl methyl sites for hydroxylation is 1. The number of hydrogen-bond donors (Lipinski definition) is 2. The van der Waals surface area contributed by atoms with Crippen molar-refractivity contribution in [2.24, 2.45) is 0 Å². The molecular weight excluding hydrogens is 327 g/mol. The molecule has 0 unspecified atom stereocenters. The molecule has 0 aliphatic carbocycles. The van der Waals surface area contributed by atoms with Gasteiger partial charge in [0.05, 0.1) is 0 Å². The first-order valence-corrected chi connectivity index (χ1v) is 5.99. The summed E-state index contributed by atoms with van der Waals surface area (Å²) in [5.74, 6) is -0.254. The molecule has 2 N–H and O–H groups in total. The Morgan fingerprint density at radius 3 is 2.60 bits per heavy atom. The predicted molar refractivity (Wildman–Crippen MR) is 75.2 cm³/mol. The summed E-state index contributed by atoms with van der Waals surface area (Å²) in [5.41, 5.74) is 2.53. The number of nitrogens with one attached hydrogen (secondary N) is 1. The average Bonchev–Trinajstić information content (AvgIpc) is 2.44. The number of hydrogen-bond acceptors (Lipinski definition) is 2. The Morgan fingerprint density at radius 1 is 1.15 bits per heavy atom. The van der Waals surface area contributed by atoms with E-state index in [0.717, 1.165) is 11.1 Å². The summed E-state index contributed by atoms with van der Waals surface area (Å²) in [6.07, 6.45) is 0. The van der Waals surface area contributed by atoms with Crippen LogP contribution in [0.2, 0.25) is 0 Å². The van der Waals surface area contributed by atoms with Crippen LogP contribution in [0.25, 0.3) is 22.2 Å². The maximum atomic E-state index is 12.1. The monoisotopic (exact) mass is 339 g/mol. The average molecular weight is 339 g/mol. The molecule has 0 atom stereocenters. The molecule has 2 aromatic carbocycles. The standard InChI is InChI=1S/C16H12NO2.Y/c1-10-6-8-11(9-7-10)14-16(19)15(18)12-4-2-3-5-13(12)17-14;/h2-6,8-9,19H,1H3,(H,17,18);/q-1;. The molecule has 1 radical (unpaired) electrons. The fourth-order valence-corrected chi connectivity index (χ4v) is 2.09. The summed E-state index contributed by atoms with van der Waals surface area (Å²) < 4.78 is 0. The molecule has 0 saturated heterocycles. The van der Waals surface area contributed by atoms with E-state index in [4.69, 9.17) is 0 Å². The molecule has 3 rings (SSSR count). The first-order valence-electron chi connectivity index (χ1n) is 5.99. The van der Waals surface area contributed by atoms with Crippen LogP contribution >= 0.6 is 0 Å². The van der Waals surface area contributed by atoms with Gasteiger partial charge in [-0.1, -0.05) is 19.1 Å². The van der Waals surface area contributed by atoms with E-state index in [1.807, 2.05) is 31.2 Å². The Hall–Kier alpha value is -1.45. The van der Waals surface area contributed by atoms with Crippen molar-refractivity contribution < 1.29 is 37.8 Å². The van der Waals surface area contributed by atoms with E-state index in [-0.39, 0.29) is 43.9 Å². The molecule has 0 aliphatic heterocycles. The fraction of sp³-hybridized carbons (Fsp3) is 0.0625. The Balaban J connectivity index is 0.00000147. The normalized spacial score (nSPS) is 10.2. The van der Waals surface area contributed by atoms with Gasteiger partial charge in [-0.2, -0.15) is 29.8 Å². The maximum absolute atomic E-state index is 12.1. The summed E-state index contributed by atoms with van der Waals surface area (Å²) in [6, 6.07) is 15.7. The number of fused-ring (bicyclic) bond motifs is 1. The molecule has 3 nitrogen and oxygen atoms in total. The van der Waals surface area contributed by atoms with Gasteiger partial charge >= 0.3 is 0 Å². The minimum atomic E-state index is -0.357. The van der Waals surface area contributed by atoms with Crippen LogP contribution in [-0.2, 0) is 32.7 Å². The van der Waals surface area contributed by atoms with Gasteiger partial charge in [-0.25, -0.2) is 0 Å². The molecular formula is C16H12NO2Y-. The van der Waals surface area contributed by atoms with Gasteiger partial charge in [0.15, 0.2) is 5.75 Å². The summed E-state index contributed by atoms with van der Waals surface area (Å²) in [4.78, 5) is 15.2. The molecule has 0 aliphatic rings. The zero-order valence-corrected chi connectivity index (χ0v) is 13.8. The van der Waals surface area contributed by atoms with Crippen molar-refractivity contribution in [3.05, 3.63) is 64.3 Å². The van der Waals surface area contributed by atoms with Crippen LogP contribution in [0.15, 0.2) is 47.3 Å². The number of pyridine rings is 1. The number of H-pyrrole nitrogens is 1. The van der Waals surface area contributed by atoms with Crippen molar-refractivity contribution in [3.8, 4) is 17.0 Å². The Kier molecular flexibility index (Phi) is 4.41. The van der Waals surface area contributed by atoms with E-state index < -0.39 is 0 Å². The predicted octanol–water partition coefficient (Wildman–Crippen LogP) is 3.01. The summed E-state index contributed by atoms with van der Waals surface area (Å²) in [6.45, 7) is 1.94. The molecule has 0 bridgehead atoms. The molecule has 20 heavy (non-hydrogen) atoms. The second-order valence-corrected chi connectivity index (χ2v) is 4.48. The fourth-order valence-electron chi connectivity index (χ4n) is 2.09. The van der Waals surface area contributed by atoms with E-state index in [1.165, 1.54) is 0 Å². The third-order valence-corrected chi connectivity index (χ3v) is 3.14. The van der Waals surface area contributed by atoms with Crippen molar-refractivity contribution >= 4 is 10.9 Å². The van der Waals surface area contributed by atoms with E-state index in [0.29, 0.717) is 16.6 Å². The van der Waals surface area contributed by atoms with Crippen molar-refractivity contribution in [2.45, 2.75) is 6.92 Å². The molecule has 0 spiro atoms. The van der Waals surface area contributed by atoms with Gasteiger partial charge in [0.2, 0.25) is 5.43 Å². The smallest absolute Gasteiger partial charge is 0.230 e. The second-order valence-electron chi connectivity index (χ2n) is 4.48. The van der Waals surface area contributed by atoms with Crippen molar-refractivity contribution in [1.82, 2.24) is 4.98 Å². The van der Waals surface area contributed by atoms with E-state index in [2.05, 4.69) is 11.1 Å². The topological polar surface area (TPSA) is 53.1 Å². The van der Waals surface area contributed by atoms with E-state index >= 15 is 0 Å². The van der Waals surface area contributed by atoms with Crippen molar-refractivity contribution in [3.63, 3.8) is 0 Å². The first kappa shape index (κ1) is 15.0. The number of aromatic amines is 1. The van der Waals surface area contributed by atoms with Crippen LogP contribution in [0.3, 0.4) is 0 Å². The molecule has 1 heterocycles. The first-order chi connectivity index (χ1) is 9.16. The third kappa shape index (κ3) is 2.56. The molecule has 0 amide bonds. The minimum absolute atomic E-state index is 0. The summed E-state index contributed by atoms with van der Waals surface area (Å²) in [7, 11) is 0. The second kappa shape index (κ2) is 5.90. The van der Waals surface area contributed by atoms with Gasteiger partial charge < -0.3 is 10.1 Å². The van der Waals surface area contributed by atoms with E-state index in [9.17, 15) is 9.90 Å². The third-order valence-electron chi connectivity index (χ3n) is 3.14. The quantitative estimate of drug-likeness (QED) is 0.670. The Morgan fingerprint density at radius 2 is 1.90 bits per heavy atom. The van der Waals surface area contributed by atoms with Gasteiger partial charge in [0, 0.05) is 49.3 Å². The number of para-hydroxylation sites is 1. The van der Waals surface area contributed by atoms with Crippen molar-refractivity contribution in [1.29, 1.82) is 0 Å². The number of aromatic hydroxyl groups is 1. The largest absolute Gasteiger partial charge is 0.503 e. The van der Waals surface area contributed by atoms with Crippen LogP contribution < -0.4 is 5.43 Å². The Labute approximate surface area is 141 Å². The zero-order chi connectivity index (χ0) is 13.4. The molecule has 1 aromatic heterocycles. The Bertz CT molecular complexity index is 807. The molecule has 4 heteroatoms. The molecule has 3 aromatic rings. The van der Waals surface area contributed by atoms with Crippen LogP contribution in [-0.4, -0.2) is 10.1 Å².